The number of rotatable bonds is 4. The van der Waals surface area contributed by atoms with Crippen LogP contribution < -0.4 is 10.6 Å². The molecule has 0 radical (unpaired) electrons. The van der Waals surface area contributed by atoms with Gasteiger partial charge >= 0.3 is 0 Å². The molecule has 0 saturated carbocycles. The van der Waals surface area contributed by atoms with Crippen molar-refractivity contribution in [2.75, 3.05) is 11.9 Å². The van der Waals surface area contributed by atoms with E-state index in [-0.39, 0.29) is 11.9 Å². The van der Waals surface area contributed by atoms with E-state index in [2.05, 4.69) is 36.6 Å². The topological polar surface area (TPSA) is 41.1 Å². The van der Waals surface area contributed by atoms with Gasteiger partial charge in [-0.1, -0.05) is 13.8 Å². The molecule has 2 rings (SSSR count). The Morgan fingerprint density at radius 3 is 2.67 bits per heavy atom. The van der Waals surface area contributed by atoms with Crippen LogP contribution in [0.1, 0.15) is 26.7 Å². The molecule has 0 aliphatic carbocycles. The summed E-state index contributed by atoms with van der Waals surface area (Å²) in [7, 11) is 0. The minimum atomic E-state index is -0.0188. The summed E-state index contributed by atoms with van der Waals surface area (Å²) in [5.41, 5.74) is 0.877. The zero-order valence-electron chi connectivity index (χ0n) is 10.9. The normalized spacial score (nSPS) is 19.2. The molecule has 0 bridgehead atoms. The third-order valence-corrected chi connectivity index (χ3v) is 3.89. The molecule has 1 aliphatic heterocycles. The van der Waals surface area contributed by atoms with E-state index in [9.17, 15) is 4.79 Å². The first kappa shape index (κ1) is 13.4. The number of carbonyl (C=O) groups is 1. The van der Waals surface area contributed by atoms with Gasteiger partial charge in [0.05, 0.1) is 6.04 Å². The van der Waals surface area contributed by atoms with E-state index in [1.54, 1.807) is 0 Å². The van der Waals surface area contributed by atoms with Crippen LogP contribution in [-0.4, -0.2) is 23.7 Å². The highest BCUT2D eigenvalue weighted by molar-refractivity contribution is 7.99. The Morgan fingerprint density at radius 2 is 2.11 bits per heavy atom. The number of anilines is 1. The highest BCUT2D eigenvalue weighted by atomic mass is 32.2. The number of carbonyl (C=O) groups excluding carboxylic acids is 1. The van der Waals surface area contributed by atoms with Gasteiger partial charge in [-0.2, -0.15) is 0 Å². The van der Waals surface area contributed by atoms with Gasteiger partial charge in [-0.3, -0.25) is 4.79 Å². The molecule has 1 unspecified atom stereocenters. The summed E-state index contributed by atoms with van der Waals surface area (Å²) in [6.45, 7) is 5.29. The summed E-state index contributed by atoms with van der Waals surface area (Å²) < 4.78 is 0. The van der Waals surface area contributed by atoms with Crippen LogP contribution in [0.2, 0.25) is 0 Å². The van der Waals surface area contributed by atoms with Gasteiger partial charge in [0, 0.05) is 15.8 Å². The van der Waals surface area contributed by atoms with Gasteiger partial charge in [-0.25, -0.2) is 0 Å². The molecule has 98 valence electrons. The number of benzene rings is 1. The Labute approximate surface area is 113 Å². The highest BCUT2D eigenvalue weighted by Gasteiger charge is 2.21. The van der Waals surface area contributed by atoms with Crippen molar-refractivity contribution >= 4 is 23.4 Å². The first-order valence-corrected chi connectivity index (χ1v) is 7.34. The molecule has 1 aromatic carbocycles. The van der Waals surface area contributed by atoms with Crippen molar-refractivity contribution in [3.63, 3.8) is 0 Å². The molecule has 0 aromatic heterocycles. The molecule has 3 nitrogen and oxygen atoms in total. The van der Waals surface area contributed by atoms with Crippen LogP contribution in [0.15, 0.2) is 29.2 Å². The van der Waals surface area contributed by atoms with Crippen molar-refractivity contribution in [2.45, 2.75) is 42.9 Å². The summed E-state index contributed by atoms with van der Waals surface area (Å²) in [4.78, 5) is 13.1. The van der Waals surface area contributed by atoms with Gasteiger partial charge in [0.25, 0.3) is 0 Å². The van der Waals surface area contributed by atoms with Gasteiger partial charge < -0.3 is 10.6 Å². The molecular weight excluding hydrogens is 244 g/mol. The predicted molar refractivity (Wildman–Crippen MR) is 77.1 cm³/mol. The van der Waals surface area contributed by atoms with Crippen molar-refractivity contribution in [2.24, 2.45) is 0 Å². The van der Waals surface area contributed by atoms with Gasteiger partial charge in [0.2, 0.25) is 5.91 Å². The summed E-state index contributed by atoms with van der Waals surface area (Å²) >= 11 is 1.83. The number of amides is 1. The monoisotopic (exact) mass is 264 g/mol. The maximum Gasteiger partial charge on any atom is 0.241 e. The average Bonchev–Trinajstić information content (AvgIpc) is 2.84. The lowest BCUT2D eigenvalue weighted by molar-refractivity contribution is -0.117. The molecule has 0 spiro atoms. The molecule has 1 fully saturated rings. The van der Waals surface area contributed by atoms with Gasteiger partial charge in [0.1, 0.15) is 0 Å². The Kier molecular flexibility index (Phi) is 4.66. The standard InChI is InChI=1S/C14H20N2OS/c1-10(2)18-12-7-5-11(6-8-12)16-14(17)13-4-3-9-15-13/h5-8,10,13,15H,3-4,9H2,1-2H3,(H,16,17). The Morgan fingerprint density at radius 1 is 1.39 bits per heavy atom. The number of nitrogens with one attached hydrogen (secondary N) is 2. The molecule has 2 N–H and O–H groups in total. The summed E-state index contributed by atoms with van der Waals surface area (Å²) in [6.07, 6.45) is 2.02. The first-order chi connectivity index (χ1) is 8.65. The smallest absolute Gasteiger partial charge is 0.241 e. The van der Waals surface area contributed by atoms with E-state index >= 15 is 0 Å². The first-order valence-electron chi connectivity index (χ1n) is 6.46. The Hall–Kier alpha value is -1.00. The maximum atomic E-state index is 11.9. The molecule has 1 saturated heterocycles. The summed E-state index contributed by atoms with van der Waals surface area (Å²) in [5, 5.41) is 6.73. The van der Waals surface area contributed by atoms with E-state index in [0.717, 1.165) is 25.1 Å². The second-order valence-electron chi connectivity index (χ2n) is 4.83. The van der Waals surface area contributed by atoms with Crippen LogP contribution in [0.25, 0.3) is 0 Å². The second kappa shape index (κ2) is 6.25. The SMILES string of the molecule is CC(C)Sc1ccc(NC(=O)C2CCCN2)cc1. The molecule has 1 amide bonds. The van der Waals surface area contributed by atoms with Crippen LogP contribution in [0.3, 0.4) is 0 Å². The van der Waals surface area contributed by atoms with E-state index in [1.165, 1.54) is 4.90 Å². The van der Waals surface area contributed by atoms with Crippen molar-refractivity contribution in [1.82, 2.24) is 5.32 Å². The zero-order chi connectivity index (χ0) is 13.0. The van der Waals surface area contributed by atoms with E-state index < -0.39 is 0 Å². The largest absolute Gasteiger partial charge is 0.325 e. The van der Waals surface area contributed by atoms with Crippen molar-refractivity contribution in [3.8, 4) is 0 Å². The van der Waals surface area contributed by atoms with Crippen molar-refractivity contribution in [3.05, 3.63) is 24.3 Å². The third kappa shape index (κ3) is 3.75. The van der Waals surface area contributed by atoms with E-state index in [1.807, 2.05) is 23.9 Å². The van der Waals surface area contributed by atoms with Gasteiger partial charge in [-0.15, -0.1) is 11.8 Å². The molecule has 1 aliphatic rings. The lowest BCUT2D eigenvalue weighted by Crippen LogP contribution is -2.35. The minimum absolute atomic E-state index is 0.0188. The fourth-order valence-electron chi connectivity index (χ4n) is 2.03. The van der Waals surface area contributed by atoms with Crippen molar-refractivity contribution < 1.29 is 4.79 Å². The average molecular weight is 264 g/mol. The number of thioether (sulfide) groups is 1. The fourth-order valence-corrected chi connectivity index (χ4v) is 2.86. The van der Waals surface area contributed by atoms with Crippen LogP contribution >= 0.6 is 11.8 Å². The van der Waals surface area contributed by atoms with Crippen molar-refractivity contribution in [1.29, 1.82) is 0 Å². The van der Waals surface area contributed by atoms with Gasteiger partial charge in [-0.05, 0) is 43.7 Å². The molecule has 1 atom stereocenters. The predicted octanol–water partition coefficient (Wildman–Crippen LogP) is 2.88. The Balaban J connectivity index is 1.91. The van der Waals surface area contributed by atoms with Crippen LogP contribution in [-0.2, 0) is 4.79 Å². The van der Waals surface area contributed by atoms with Crippen LogP contribution in [0.5, 0.6) is 0 Å². The molecule has 4 heteroatoms. The molecular formula is C14H20N2OS. The zero-order valence-corrected chi connectivity index (χ0v) is 11.7. The maximum absolute atomic E-state index is 11.9. The highest BCUT2D eigenvalue weighted by Crippen LogP contribution is 2.24. The minimum Gasteiger partial charge on any atom is -0.325 e. The lowest BCUT2D eigenvalue weighted by atomic mass is 10.2. The summed E-state index contributed by atoms with van der Waals surface area (Å²) in [5.74, 6) is 0.0803. The molecule has 1 heterocycles. The van der Waals surface area contributed by atoms with Crippen LogP contribution in [0, 0.1) is 0 Å². The summed E-state index contributed by atoms with van der Waals surface area (Å²) in [6, 6.07) is 8.04. The second-order valence-corrected chi connectivity index (χ2v) is 6.48. The van der Waals surface area contributed by atoms with Crippen LogP contribution in [0.4, 0.5) is 5.69 Å². The molecule has 1 aromatic rings. The van der Waals surface area contributed by atoms with E-state index in [0.29, 0.717) is 5.25 Å². The lowest BCUT2D eigenvalue weighted by Gasteiger charge is -2.11. The third-order valence-electron chi connectivity index (χ3n) is 2.87. The fraction of sp³-hybridized carbons (Fsp3) is 0.500. The molecule has 18 heavy (non-hydrogen) atoms. The van der Waals surface area contributed by atoms with Gasteiger partial charge in [0.15, 0.2) is 0 Å². The van der Waals surface area contributed by atoms with E-state index in [4.69, 9.17) is 0 Å². The quantitative estimate of drug-likeness (QED) is 0.822. The number of hydrogen-bond acceptors (Lipinski definition) is 3. The Bertz CT molecular complexity index is 397. The number of hydrogen-bond donors (Lipinski definition) is 2.